The van der Waals surface area contributed by atoms with Gasteiger partial charge in [0.25, 0.3) is 5.91 Å². The summed E-state index contributed by atoms with van der Waals surface area (Å²) >= 11 is 1.40. The number of rotatable bonds is 2. The third-order valence-corrected chi connectivity index (χ3v) is 3.97. The first-order valence-electron chi connectivity index (χ1n) is 4.90. The first-order chi connectivity index (χ1) is 7.11. The van der Waals surface area contributed by atoms with Crippen LogP contribution in [0.25, 0.3) is 0 Å². The molecule has 4 nitrogen and oxygen atoms in total. The Labute approximate surface area is 91.8 Å². The molecule has 0 aromatic carbocycles. The Hall–Kier alpha value is -1.36. The maximum absolute atomic E-state index is 11.2. The van der Waals surface area contributed by atoms with Crippen LogP contribution in [0.3, 0.4) is 0 Å². The van der Waals surface area contributed by atoms with Gasteiger partial charge in [0.1, 0.15) is 10.7 Å². The lowest BCUT2D eigenvalue weighted by Gasteiger charge is -2.11. The van der Waals surface area contributed by atoms with Crippen molar-refractivity contribution in [2.45, 2.75) is 25.7 Å². The quantitative estimate of drug-likeness (QED) is 0.515. The average Bonchev–Trinajstić information content (AvgIpc) is 2.56. The largest absolute Gasteiger partial charge is 0.384 e. The minimum Gasteiger partial charge on any atom is -0.384 e. The van der Waals surface area contributed by atoms with Crippen LogP contribution in [0.5, 0.6) is 0 Å². The molecule has 1 aromatic rings. The highest BCUT2D eigenvalue weighted by Gasteiger charge is 2.24. The summed E-state index contributed by atoms with van der Waals surface area (Å²) in [5, 5.41) is 7.50. The Morgan fingerprint density at radius 2 is 1.93 bits per heavy atom. The first-order valence-corrected chi connectivity index (χ1v) is 5.71. The van der Waals surface area contributed by atoms with Crippen LogP contribution in [0.4, 0.5) is 0 Å². The molecular weight excluding hydrogens is 210 g/mol. The SMILES string of the molecule is N=C(N)c1c(C(N)=O)sc2c1CCCC2. The molecular formula is C10H13N3OS. The van der Waals surface area contributed by atoms with Crippen molar-refractivity contribution in [3.63, 3.8) is 0 Å². The number of aryl methyl sites for hydroxylation is 1. The van der Waals surface area contributed by atoms with E-state index in [9.17, 15) is 4.79 Å². The number of amides is 1. The van der Waals surface area contributed by atoms with Crippen molar-refractivity contribution in [1.82, 2.24) is 0 Å². The Kier molecular flexibility index (Phi) is 2.48. The van der Waals surface area contributed by atoms with Gasteiger partial charge in [-0.2, -0.15) is 0 Å². The summed E-state index contributed by atoms with van der Waals surface area (Å²) in [6.07, 6.45) is 4.13. The highest BCUT2D eigenvalue weighted by atomic mass is 32.1. The van der Waals surface area contributed by atoms with Gasteiger partial charge in [-0.15, -0.1) is 11.3 Å². The van der Waals surface area contributed by atoms with Gasteiger partial charge in [0, 0.05) is 10.4 Å². The fourth-order valence-electron chi connectivity index (χ4n) is 2.02. The topological polar surface area (TPSA) is 93.0 Å². The van der Waals surface area contributed by atoms with Crippen molar-refractivity contribution in [3.05, 3.63) is 20.9 Å². The Morgan fingerprint density at radius 3 is 2.53 bits per heavy atom. The molecule has 0 radical (unpaired) electrons. The maximum atomic E-state index is 11.2. The fourth-order valence-corrected chi connectivity index (χ4v) is 3.28. The predicted octanol–water partition coefficient (Wildman–Crippen LogP) is 1.01. The molecule has 1 aliphatic rings. The normalized spacial score (nSPS) is 14.7. The van der Waals surface area contributed by atoms with Gasteiger partial charge < -0.3 is 11.5 Å². The molecule has 80 valence electrons. The second kappa shape index (κ2) is 3.66. The molecule has 0 aliphatic heterocycles. The number of nitrogen functional groups attached to an aromatic ring is 1. The van der Waals surface area contributed by atoms with Gasteiger partial charge in [-0.3, -0.25) is 10.2 Å². The van der Waals surface area contributed by atoms with E-state index < -0.39 is 5.91 Å². The zero-order valence-electron chi connectivity index (χ0n) is 8.30. The van der Waals surface area contributed by atoms with E-state index in [1.165, 1.54) is 16.2 Å². The standard InChI is InChI=1S/C10H13N3OS/c11-9(12)7-5-3-1-2-4-6(5)15-8(7)10(13)14/h1-4H2,(H3,11,12)(H2,13,14). The smallest absolute Gasteiger partial charge is 0.259 e. The van der Waals surface area contributed by atoms with Crippen LogP contribution >= 0.6 is 11.3 Å². The molecule has 5 heteroatoms. The molecule has 0 bridgehead atoms. The van der Waals surface area contributed by atoms with Crippen LogP contribution < -0.4 is 11.5 Å². The first kappa shape index (κ1) is 10.2. The summed E-state index contributed by atoms with van der Waals surface area (Å²) in [5.74, 6) is -0.511. The minimum absolute atomic E-state index is 0.0387. The van der Waals surface area contributed by atoms with Crippen molar-refractivity contribution < 1.29 is 4.79 Å². The van der Waals surface area contributed by atoms with Crippen molar-refractivity contribution in [1.29, 1.82) is 5.41 Å². The monoisotopic (exact) mass is 223 g/mol. The van der Waals surface area contributed by atoms with Crippen LogP contribution in [0.1, 0.15) is 38.5 Å². The second-order valence-corrected chi connectivity index (χ2v) is 4.80. The summed E-state index contributed by atoms with van der Waals surface area (Å²) in [6.45, 7) is 0. The van der Waals surface area contributed by atoms with Crippen LogP contribution in [-0.4, -0.2) is 11.7 Å². The molecule has 0 saturated heterocycles. The van der Waals surface area contributed by atoms with Crippen LogP contribution in [0, 0.1) is 5.41 Å². The van der Waals surface area contributed by atoms with E-state index in [-0.39, 0.29) is 5.84 Å². The van der Waals surface area contributed by atoms with E-state index >= 15 is 0 Å². The summed E-state index contributed by atoms with van der Waals surface area (Å²) in [5.41, 5.74) is 12.4. The predicted molar refractivity (Wildman–Crippen MR) is 60.5 cm³/mol. The number of carbonyl (C=O) groups is 1. The highest BCUT2D eigenvalue weighted by molar-refractivity contribution is 7.14. The molecule has 1 aromatic heterocycles. The third-order valence-electron chi connectivity index (χ3n) is 2.66. The van der Waals surface area contributed by atoms with Crippen LogP contribution in [-0.2, 0) is 12.8 Å². The van der Waals surface area contributed by atoms with E-state index in [1.807, 2.05) is 0 Å². The lowest BCUT2D eigenvalue weighted by Crippen LogP contribution is -2.20. The number of primary amides is 1. The van der Waals surface area contributed by atoms with Gasteiger partial charge >= 0.3 is 0 Å². The van der Waals surface area contributed by atoms with Gasteiger partial charge in [0.2, 0.25) is 0 Å². The molecule has 1 aliphatic carbocycles. The van der Waals surface area contributed by atoms with Crippen molar-refractivity contribution in [3.8, 4) is 0 Å². The highest BCUT2D eigenvalue weighted by Crippen LogP contribution is 2.33. The van der Waals surface area contributed by atoms with Crippen molar-refractivity contribution in [2.24, 2.45) is 11.5 Å². The van der Waals surface area contributed by atoms with Gasteiger partial charge in [0.05, 0.1) is 0 Å². The molecule has 15 heavy (non-hydrogen) atoms. The van der Waals surface area contributed by atoms with Gasteiger partial charge in [-0.25, -0.2) is 0 Å². The number of hydrogen-bond donors (Lipinski definition) is 3. The number of thiophene rings is 1. The summed E-state index contributed by atoms with van der Waals surface area (Å²) in [6, 6.07) is 0. The minimum atomic E-state index is -0.473. The molecule has 1 amide bonds. The van der Waals surface area contributed by atoms with Crippen molar-refractivity contribution in [2.75, 3.05) is 0 Å². The lowest BCUT2D eigenvalue weighted by atomic mass is 9.94. The Bertz CT molecular complexity index is 436. The number of nitrogens with one attached hydrogen (secondary N) is 1. The van der Waals surface area contributed by atoms with E-state index in [0.29, 0.717) is 10.4 Å². The summed E-state index contributed by atoms with van der Waals surface area (Å²) in [4.78, 5) is 12.9. The molecule has 0 fully saturated rings. The average molecular weight is 223 g/mol. The number of amidine groups is 1. The van der Waals surface area contributed by atoms with Gasteiger partial charge in [-0.05, 0) is 31.2 Å². The third kappa shape index (κ3) is 1.63. The molecule has 2 rings (SSSR count). The van der Waals surface area contributed by atoms with Gasteiger partial charge in [-0.1, -0.05) is 0 Å². The van der Waals surface area contributed by atoms with E-state index in [4.69, 9.17) is 16.9 Å². The molecule has 0 unspecified atom stereocenters. The molecule has 0 atom stereocenters. The number of nitrogens with two attached hydrogens (primary N) is 2. The number of fused-ring (bicyclic) bond motifs is 1. The van der Waals surface area contributed by atoms with E-state index in [2.05, 4.69) is 0 Å². The molecule has 0 saturated carbocycles. The molecule has 0 spiro atoms. The van der Waals surface area contributed by atoms with Gasteiger partial charge in [0.15, 0.2) is 0 Å². The maximum Gasteiger partial charge on any atom is 0.259 e. The van der Waals surface area contributed by atoms with Crippen LogP contribution in [0.2, 0.25) is 0 Å². The molecule has 5 N–H and O–H groups in total. The fraction of sp³-hybridized carbons (Fsp3) is 0.400. The Balaban J connectivity index is 2.61. The second-order valence-electron chi connectivity index (χ2n) is 3.69. The zero-order chi connectivity index (χ0) is 11.0. The lowest BCUT2D eigenvalue weighted by molar-refractivity contribution is 0.100. The summed E-state index contributed by atoms with van der Waals surface area (Å²) < 4.78 is 0. The van der Waals surface area contributed by atoms with Crippen LogP contribution in [0.15, 0.2) is 0 Å². The Morgan fingerprint density at radius 1 is 1.27 bits per heavy atom. The van der Waals surface area contributed by atoms with E-state index in [0.717, 1.165) is 31.2 Å². The molecule has 1 heterocycles. The number of carbonyl (C=O) groups excluding carboxylic acids is 1. The number of hydrogen-bond acceptors (Lipinski definition) is 3. The van der Waals surface area contributed by atoms with Crippen molar-refractivity contribution >= 4 is 23.1 Å². The zero-order valence-corrected chi connectivity index (χ0v) is 9.12. The summed E-state index contributed by atoms with van der Waals surface area (Å²) in [7, 11) is 0. The van der Waals surface area contributed by atoms with E-state index in [1.54, 1.807) is 0 Å².